The van der Waals surface area contributed by atoms with Crippen LogP contribution in [-0.2, 0) is 9.59 Å². The Morgan fingerprint density at radius 1 is 1.20 bits per heavy atom. The average Bonchev–Trinajstić information content (AvgIpc) is 3.15. The van der Waals surface area contributed by atoms with Crippen LogP contribution in [-0.4, -0.2) is 44.9 Å². The van der Waals surface area contributed by atoms with Gasteiger partial charge >= 0.3 is 5.97 Å². The number of para-hydroxylation sites is 1. The highest BCUT2D eigenvalue weighted by molar-refractivity contribution is 5.82. The third-order valence-electron chi connectivity index (χ3n) is 5.51. The van der Waals surface area contributed by atoms with E-state index < -0.39 is 5.97 Å². The number of carbonyl (C=O) groups excluding carboxylic acids is 1. The van der Waals surface area contributed by atoms with E-state index in [1.165, 1.54) is 0 Å². The van der Waals surface area contributed by atoms with E-state index in [2.05, 4.69) is 9.97 Å². The zero-order valence-corrected chi connectivity index (χ0v) is 14.0. The van der Waals surface area contributed by atoms with Gasteiger partial charge < -0.3 is 10.0 Å². The van der Waals surface area contributed by atoms with Crippen molar-refractivity contribution in [1.29, 1.82) is 0 Å². The van der Waals surface area contributed by atoms with Gasteiger partial charge in [0.1, 0.15) is 6.33 Å². The number of fused-ring (bicyclic) bond motifs is 1. The fraction of sp³-hybridized carbons (Fsp3) is 0.474. The van der Waals surface area contributed by atoms with E-state index in [9.17, 15) is 9.59 Å². The summed E-state index contributed by atoms with van der Waals surface area (Å²) < 4.78 is 0. The Bertz CT molecular complexity index is 826. The summed E-state index contributed by atoms with van der Waals surface area (Å²) in [6.07, 6.45) is 4.63. The highest BCUT2D eigenvalue weighted by atomic mass is 16.4. The van der Waals surface area contributed by atoms with Crippen molar-refractivity contribution in [1.82, 2.24) is 14.9 Å². The number of aromatic nitrogens is 2. The molecule has 1 amide bonds. The molecule has 1 aromatic heterocycles. The lowest BCUT2D eigenvalue weighted by Crippen LogP contribution is -2.31. The Morgan fingerprint density at radius 2 is 2.00 bits per heavy atom. The third-order valence-corrected chi connectivity index (χ3v) is 5.51. The molecule has 1 saturated heterocycles. The van der Waals surface area contributed by atoms with E-state index >= 15 is 0 Å². The van der Waals surface area contributed by atoms with Gasteiger partial charge in [-0.1, -0.05) is 18.2 Å². The fourth-order valence-corrected chi connectivity index (χ4v) is 3.91. The van der Waals surface area contributed by atoms with Crippen molar-refractivity contribution in [2.45, 2.75) is 38.0 Å². The van der Waals surface area contributed by atoms with E-state index in [1.54, 1.807) is 6.33 Å². The Kier molecular flexibility index (Phi) is 3.90. The number of hydrogen-bond donors (Lipinski definition) is 1. The molecule has 1 aliphatic heterocycles. The summed E-state index contributed by atoms with van der Waals surface area (Å²) in [6.45, 7) is 1.37. The highest BCUT2D eigenvalue weighted by Crippen LogP contribution is 2.52. The summed E-state index contributed by atoms with van der Waals surface area (Å²) in [6, 6.07) is 7.94. The molecule has 1 aliphatic carbocycles. The monoisotopic (exact) mass is 339 g/mol. The first-order valence-electron chi connectivity index (χ1n) is 8.76. The van der Waals surface area contributed by atoms with Crippen molar-refractivity contribution in [3.63, 3.8) is 0 Å². The molecule has 2 aliphatic rings. The SMILES string of the molecule is O=C(O)CC1(CC(=O)N2CCC(c3ncnc4ccccc34)C2)CC1. The van der Waals surface area contributed by atoms with Crippen LogP contribution in [0.15, 0.2) is 30.6 Å². The number of nitrogens with zero attached hydrogens (tertiary/aromatic N) is 3. The second kappa shape index (κ2) is 6.10. The number of hydrogen-bond acceptors (Lipinski definition) is 4. The fourth-order valence-electron chi connectivity index (χ4n) is 3.91. The topological polar surface area (TPSA) is 83.4 Å². The number of carboxylic acids is 1. The van der Waals surface area contributed by atoms with E-state index in [1.807, 2.05) is 29.2 Å². The zero-order valence-electron chi connectivity index (χ0n) is 14.0. The standard InChI is InChI=1S/C19H21N3O3/c23-16(9-19(6-7-19)10-17(24)25)22-8-5-13(11-22)18-14-3-1-2-4-15(14)20-12-21-18/h1-4,12-13H,5-11H2,(H,24,25). The second-order valence-electron chi connectivity index (χ2n) is 7.35. The van der Waals surface area contributed by atoms with Crippen molar-refractivity contribution in [2.24, 2.45) is 5.41 Å². The molecule has 6 nitrogen and oxygen atoms in total. The first-order chi connectivity index (χ1) is 12.1. The number of likely N-dealkylation sites (tertiary alicyclic amines) is 1. The van der Waals surface area contributed by atoms with Gasteiger partial charge in [0.15, 0.2) is 0 Å². The molecule has 1 aromatic carbocycles. The van der Waals surface area contributed by atoms with Crippen LogP contribution < -0.4 is 0 Å². The van der Waals surface area contributed by atoms with Gasteiger partial charge in [0.05, 0.1) is 17.6 Å². The first kappa shape index (κ1) is 16.0. The molecule has 25 heavy (non-hydrogen) atoms. The lowest BCUT2D eigenvalue weighted by molar-refractivity contribution is -0.139. The number of amides is 1. The maximum atomic E-state index is 12.6. The van der Waals surface area contributed by atoms with Crippen LogP contribution in [0.25, 0.3) is 10.9 Å². The Hall–Kier alpha value is -2.50. The predicted octanol–water partition coefficient (Wildman–Crippen LogP) is 2.59. The van der Waals surface area contributed by atoms with Gasteiger partial charge in [-0.05, 0) is 30.7 Å². The number of rotatable bonds is 5. The summed E-state index contributed by atoms with van der Waals surface area (Å²) in [4.78, 5) is 34.3. The number of carbonyl (C=O) groups is 2. The third kappa shape index (κ3) is 3.21. The molecular formula is C19H21N3O3. The number of aliphatic carboxylic acids is 1. The largest absolute Gasteiger partial charge is 0.481 e. The van der Waals surface area contributed by atoms with E-state index in [0.717, 1.165) is 35.9 Å². The van der Waals surface area contributed by atoms with Crippen LogP contribution in [0.2, 0.25) is 0 Å². The normalized spacial score (nSPS) is 21.4. The van der Waals surface area contributed by atoms with Crippen LogP contribution in [0.5, 0.6) is 0 Å². The predicted molar refractivity (Wildman–Crippen MR) is 92.0 cm³/mol. The molecule has 4 rings (SSSR count). The zero-order chi connectivity index (χ0) is 17.4. The Balaban J connectivity index is 1.46. The molecule has 0 radical (unpaired) electrons. The van der Waals surface area contributed by atoms with Gasteiger partial charge in [-0.25, -0.2) is 9.97 Å². The minimum absolute atomic E-state index is 0.0830. The van der Waals surface area contributed by atoms with Crippen LogP contribution in [0.1, 0.15) is 43.7 Å². The average molecular weight is 339 g/mol. The second-order valence-corrected chi connectivity index (χ2v) is 7.35. The van der Waals surface area contributed by atoms with Crippen molar-refractivity contribution in [3.05, 3.63) is 36.3 Å². The molecule has 2 heterocycles. The van der Waals surface area contributed by atoms with Gasteiger partial charge in [-0.3, -0.25) is 9.59 Å². The molecule has 6 heteroatoms. The van der Waals surface area contributed by atoms with Crippen molar-refractivity contribution in [3.8, 4) is 0 Å². The summed E-state index contributed by atoms with van der Waals surface area (Å²) in [5.74, 6) is -0.511. The van der Waals surface area contributed by atoms with Crippen molar-refractivity contribution < 1.29 is 14.7 Å². The molecule has 1 atom stereocenters. The molecule has 2 aromatic rings. The minimum Gasteiger partial charge on any atom is -0.481 e. The van der Waals surface area contributed by atoms with Gasteiger partial charge in [-0.2, -0.15) is 0 Å². The number of benzene rings is 1. The summed E-state index contributed by atoms with van der Waals surface area (Å²) in [5, 5.41) is 10.1. The van der Waals surface area contributed by atoms with Crippen molar-refractivity contribution in [2.75, 3.05) is 13.1 Å². The molecule has 0 spiro atoms. The van der Waals surface area contributed by atoms with E-state index in [4.69, 9.17) is 5.11 Å². The first-order valence-corrected chi connectivity index (χ1v) is 8.76. The number of carboxylic acid groups (broad SMARTS) is 1. The summed E-state index contributed by atoms with van der Waals surface area (Å²) in [5.41, 5.74) is 1.64. The Labute approximate surface area is 145 Å². The lowest BCUT2D eigenvalue weighted by atomic mass is 9.97. The maximum absolute atomic E-state index is 12.6. The van der Waals surface area contributed by atoms with Crippen LogP contribution in [0.4, 0.5) is 0 Å². The minimum atomic E-state index is -0.808. The van der Waals surface area contributed by atoms with Gasteiger partial charge in [-0.15, -0.1) is 0 Å². The summed E-state index contributed by atoms with van der Waals surface area (Å²) >= 11 is 0. The van der Waals surface area contributed by atoms with E-state index in [-0.39, 0.29) is 23.7 Å². The lowest BCUT2D eigenvalue weighted by Gasteiger charge is -2.20. The molecular weight excluding hydrogens is 318 g/mol. The van der Waals surface area contributed by atoms with Crippen LogP contribution >= 0.6 is 0 Å². The van der Waals surface area contributed by atoms with Crippen LogP contribution in [0.3, 0.4) is 0 Å². The quantitative estimate of drug-likeness (QED) is 0.905. The highest BCUT2D eigenvalue weighted by Gasteiger charge is 2.47. The van der Waals surface area contributed by atoms with Gasteiger partial charge in [0, 0.05) is 30.8 Å². The molecule has 1 saturated carbocycles. The van der Waals surface area contributed by atoms with Crippen LogP contribution in [0, 0.1) is 5.41 Å². The maximum Gasteiger partial charge on any atom is 0.303 e. The molecule has 1 unspecified atom stereocenters. The molecule has 0 bridgehead atoms. The Morgan fingerprint density at radius 3 is 2.76 bits per heavy atom. The van der Waals surface area contributed by atoms with Gasteiger partial charge in [0.25, 0.3) is 0 Å². The van der Waals surface area contributed by atoms with Gasteiger partial charge in [0.2, 0.25) is 5.91 Å². The smallest absolute Gasteiger partial charge is 0.303 e. The van der Waals surface area contributed by atoms with Crippen molar-refractivity contribution >= 4 is 22.8 Å². The van der Waals surface area contributed by atoms with E-state index in [0.29, 0.717) is 19.5 Å². The molecule has 130 valence electrons. The molecule has 1 N–H and O–H groups in total. The summed E-state index contributed by atoms with van der Waals surface area (Å²) in [7, 11) is 0. The molecule has 2 fully saturated rings.